The molecule has 5 rings (SSSR count). The highest BCUT2D eigenvalue weighted by Crippen LogP contribution is 2.37. The van der Waals surface area contributed by atoms with E-state index in [0.29, 0.717) is 16.5 Å². The second kappa shape index (κ2) is 7.35. The van der Waals surface area contributed by atoms with Crippen molar-refractivity contribution in [1.82, 2.24) is 20.3 Å². The van der Waals surface area contributed by atoms with Gasteiger partial charge in [0.2, 0.25) is 0 Å². The molecule has 2 N–H and O–H groups in total. The van der Waals surface area contributed by atoms with E-state index in [9.17, 15) is 0 Å². The number of anilines is 2. The van der Waals surface area contributed by atoms with Crippen molar-refractivity contribution >= 4 is 44.7 Å². The molecule has 0 spiro atoms. The zero-order chi connectivity index (χ0) is 18.9. The van der Waals surface area contributed by atoms with Gasteiger partial charge in [0.1, 0.15) is 28.5 Å². The number of aromatic nitrogens is 3. The third-order valence-electron chi connectivity index (χ3n) is 4.56. The van der Waals surface area contributed by atoms with Gasteiger partial charge in [-0.3, -0.25) is 4.98 Å². The van der Waals surface area contributed by atoms with E-state index in [4.69, 9.17) is 16.3 Å². The summed E-state index contributed by atoms with van der Waals surface area (Å²) in [5.41, 5.74) is 2.18. The number of hydrogen-bond acceptors (Lipinski definition) is 7. The van der Waals surface area contributed by atoms with Crippen LogP contribution in [0.5, 0.6) is 11.5 Å². The van der Waals surface area contributed by atoms with E-state index >= 15 is 0 Å². The smallest absolute Gasteiger partial charge is 0.146 e. The number of pyridine rings is 1. The van der Waals surface area contributed by atoms with Crippen LogP contribution in [0.2, 0.25) is 5.02 Å². The molecule has 0 fully saturated rings. The van der Waals surface area contributed by atoms with E-state index in [-0.39, 0.29) is 0 Å². The molecule has 0 bridgehead atoms. The molecule has 0 atom stereocenters. The highest BCUT2D eigenvalue weighted by molar-refractivity contribution is 7.19. The van der Waals surface area contributed by atoms with Gasteiger partial charge in [-0.2, -0.15) is 0 Å². The summed E-state index contributed by atoms with van der Waals surface area (Å²) in [5, 5.41) is 8.43. The fourth-order valence-corrected chi connectivity index (χ4v) is 4.66. The number of benzene rings is 1. The number of thiophene rings is 1. The summed E-state index contributed by atoms with van der Waals surface area (Å²) < 4.78 is 5.79. The van der Waals surface area contributed by atoms with E-state index in [1.54, 1.807) is 30.1 Å². The van der Waals surface area contributed by atoms with Gasteiger partial charge in [0.25, 0.3) is 0 Å². The van der Waals surface area contributed by atoms with Gasteiger partial charge >= 0.3 is 0 Å². The molecule has 0 unspecified atom stereocenters. The fourth-order valence-electron chi connectivity index (χ4n) is 3.29. The maximum atomic E-state index is 6.43. The molecule has 3 aromatic heterocycles. The summed E-state index contributed by atoms with van der Waals surface area (Å²) in [7, 11) is 0. The van der Waals surface area contributed by atoms with Crippen LogP contribution in [0.1, 0.15) is 10.4 Å². The molecule has 4 aromatic rings. The van der Waals surface area contributed by atoms with Crippen molar-refractivity contribution in [2.45, 2.75) is 13.0 Å². The van der Waals surface area contributed by atoms with Crippen molar-refractivity contribution < 1.29 is 4.74 Å². The normalized spacial score (nSPS) is 13.3. The molecule has 1 aliphatic rings. The SMILES string of the molecule is Clc1cc(Nc2ncnc3sc4c(c23)CCNC4)ccc1Oc1cccnc1. The highest BCUT2D eigenvalue weighted by atomic mass is 35.5. The first-order valence-corrected chi connectivity index (χ1v) is 10.1. The Morgan fingerprint density at radius 3 is 3.04 bits per heavy atom. The Balaban J connectivity index is 1.45. The van der Waals surface area contributed by atoms with Gasteiger partial charge < -0.3 is 15.4 Å². The van der Waals surface area contributed by atoms with Crippen molar-refractivity contribution in [2.24, 2.45) is 0 Å². The zero-order valence-corrected chi connectivity index (χ0v) is 16.3. The number of ether oxygens (including phenoxy) is 1. The van der Waals surface area contributed by atoms with Gasteiger partial charge in [0.05, 0.1) is 16.6 Å². The second-order valence-corrected chi connectivity index (χ2v) is 7.88. The number of halogens is 1. The summed E-state index contributed by atoms with van der Waals surface area (Å²) in [4.78, 5) is 15.3. The molecule has 8 heteroatoms. The lowest BCUT2D eigenvalue weighted by molar-refractivity contribution is 0.480. The molecule has 0 saturated carbocycles. The van der Waals surface area contributed by atoms with Gasteiger partial charge in [-0.25, -0.2) is 9.97 Å². The summed E-state index contributed by atoms with van der Waals surface area (Å²) in [6.45, 7) is 1.86. The minimum atomic E-state index is 0.510. The molecule has 0 radical (unpaired) electrons. The molecule has 4 heterocycles. The first-order valence-electron chi connectivity index (χ1n) is 8.88. The van der Waals surface area contributed by atoms with E-state index < -0.39 is 0 Å². The van der Waals surface area contributed by atoms with Crippen LogP contribution < -0.4 is 15.4 Å². The number of fused-ring (bicyclic) bond motifs is 3. The Morgan fingerprint density at radius 2 is 2.18 bits per heavy atom. The summed E-state index contributed by atoms with van der Waals surface area (Å²) in [6.07, 6.45) is 5.93. The van der Waals surface area contributed by atoms with E-state index in [1.165, 1.54) is 10.4 Å². The molecule has 140 valence electrons. The monoisotopic (exact) mass is 409 g/mol. The molecule has 0 aliphatic carbocycles. The topological polar surface area (TPSA) is 72.0 Å². The number of nitrogens with zero attached hydrogens (tertiary/aromatic N) is 3. The van der Waals surface area contributed by atoms with Gasteiger partial charge in [0, 0.05) is 23.3 Å². The quantitative estimate of drug-likeness (QED) is 0.498. The summed E-state index contributed by atoms with van der Waals surface area (Å²) in [5.74, 6) is 2.02. The maximum absolute atomic E-state index is 6.43. The van der Waals surface area contributed by atoms with Crippen LogP contribution in [-0.2, 0) is 13.0 Å². The van der Waals surface area contributed by atoms with Crippen molar-refractivity contribution in [2.75, 3.05) is 11.9 Å². The summed E-state index contributed by atoms with van der Waals surface area (Å²) >= 11 is 8.16. The standard InChI is InChI=1S/C20H16ClN5OS/c21-15-8-12(3-4-16(15)27-13-2-1-6-22-9-13)26-19-18-14-5-7-23-10-17(14)28-20(18)25-11-24-19/h1-4,6,8-9,11,23H,5,7,10H2,(H,24,25,26). The van der Waals surface area contributed by atoms with Crippen LogP contribution in [0.3, 0.4) is 0 Å². The van der Waals surface area contributed by atoms with Crippen molar-refractivity contribution in [1.29, 1.82) is 0 Å². The third kappa shape index (κ3) is 3.28. The van der Waals surface area contributed by atoms with Crippen molar-refractivity contribution in [3.05, 3.63) is 64.5 Å². The lowest BCUT2D eigenvalue weighted by atomic mass is 10.1. The van der Waals surface area contributed by atoms with Gasteiger partial charge in [0.15, 0.2) is 0 Å². The largest absolute Gasteiger partial charge is 0.454 e. The van der Waals surface area contributed by atoms with E-state index in [1.807, 2.05) is 30.3 Å². The molecule has 1 aliphatic heterocycles. The average molecular weight is 410 g/mol. The van der Waals surface area contributed by atoms with Crippen molar-refractivity contribution in [3.63, 3.8) is 0 Å². The zero-order valence-electron chi connectivity index (χ0n) is 14.8. The average Bonchev–Trinajstić information content (AvgIpc) is 3.10. The Bertz CT molecular complexity index is 1150. The van der Waals surface area contributed by atoms with Crippen LogP contribution in [-0.4, -0.2) is 21.5 Å². The molecule has 28 heavy (non-hydrogen) atoms. The lowest BCUT2D eigenvalue weighted by Gasteiger charge is -2.14. The predicted octanol–water partition coefficient (Wildman–Crippen LogP) is 4.92. The van der Waals surface area contributed by atoms with Crippen LogP contribution in [0.4, 0.5) is 11.5 Å². The Morgan fingerprint density at radius 1 is 1.21 bits per heavy atom. The van der Waals surface area contributed by atoms with Crippen molar-refractivity contribution in [3.8, 4) is 11.5 Å². The van der Waals surface area contributed by atoms with E-state index in [0.717, 1.165) is 41.2 Å². The Labute approximate surface area is 170 Å². The van der Waals surface area contributed by atoms with Crippen LogP contribution >= 0.6 is 22.9 Å². The minimum Gasteiger partial charge on any atom is -0.454 e. The third-order valence-corrected chi connectivity index (χ3v) is 6.00. The second-order valence-electron chi connectivity index (χ2n) is 6.39. The van der Waals surface area contributed by atoms with Gasteiger partial charge in [-0.1, -0.05) is 11.6 Å². The van der Waals surface area contributed by atoms with Crippen LogP contribution in [0.25, 0.3) is 10.2 Å². The molecule has 0 saturated heterocycles. The predicted molar refractivity (Wildman–Crippen MR) is 112 cm³/mol. The molecule has 1 aromatic carbocycles. The summed E-state index contributed by atoms with van der Waals surface area (Å²) in [6, 6.07) is 9.24. The van der Waals surface area contributed by atoms with E-state index in [2.05, 4.69) is 25.6 Å². The fraction of sp³-hybridized carbons (Fsp3) is 0.150. The highest BCUT2D eigenvalue weighted by Gasteiger charge is 2.19. The lowest BCUT2D eigenvalue weighted by Crippen LogP contribution is -2.22. The van der Waals surface area contributed by atoms with Gasteiger partial charge in [-0.15, -0.1) is 11.3 Å². The minimum absolute atomic E-state index is 0.510. The first kappa shape index (κ1) is 17.4. The molecule has 0 amide bonds. The molecule has 6 nitrogen and oxygen atoms in total. The maximum Gasteiger partial charge on any atom is 0.146 e. The Kier molecular flexibility index (Phi) is 4.56. The molecular formula is C20H16ClN5OS. The number of nitrogens with one attached hydrogen (secondary N) is 2. The van der Waals surface area contributed by atoms with Crippen LogP contribution in [0, 0.1) is 0 Å². The Hall–Kier alpha value is -2.74. The number of hydrogen-bond donors (Lipinski definition) is 2. The number of rotatable bonds is 4. The molecular weight excluding hydrogens is 394 g/mol. The van der Waals surface area contributed by atoms with Crippen LogP contribution in [0.15, 0.2) is 49.1 Å². The first-order chi connectivity index (χ1) is 13.8. The van der Waals surface area contributed by atoms with Gasteiger partial charge in [-0.05, 0) is 48.9 Å².